The number of hydrogen-bond acceptors (Lipinski definition) is 2. The van der Waals surface area contributed by atoms with Gasteiger partial charge in [-0.25, -0.2) is 4.39 Å². The van der Waals surface area contributed by atoms with Crippen LogP contribution >= 0.6 is 0 Å². The molecular formula is C15H24FNO. The molecule has 18 heavy (non-hydrogen) atoms. The highest BCUT2D eigenvalue weighted by atomic mass is 19.1. The fraction of sp³-hybridized carbons (Fsp3) is 0.600. The lowest BCUT2D eigenvalue weighted by Crippen LogP contribution is -2.42. The molecule has 0 bridgehead atoms. The van der Waals surface area contributed by atoms with Crippen LogP contribution in [0.25, 0.3) is 0 Å². The van der Waals surface area contributed by atoms with E-state index in [4.69, 9.17) is 4.74 Å². The van der Waals surface area contributed by atoms with Gasteiger partial charge in [0.2, 0.25) is 0 Å². The standard InChI is InChI=1S/C15H24FNO/c1-4-15(18-6-3)14(17-5-2)11-12-8-7-9-13(16)10-12/h7-10,14-15,17H,4-6,11H2,1-3H3. The molecule has 0 saturated heterocycles. The second-order valence-electron chi connectivity index (χ2n) is 4.40. The first kappa shape index (κ1) is 15.1. The Labute approximate surface area is 110 Å². The first-order chi connectivity index (χ1) is 8.71. The fourth-order valence-electron chi connectivity index (χ4n) is 2.25. The van der Waals surface area contributed by atoms with Crippen molar-refractivity contribution >= 4 is 0 Å². The topological polar surface area (TPSA) is 21.3 Å². The van der Waals surface area contributed by atoms with Crippen LogP contribution in [0.1, 0.15) is 32.8 Å². The molecule has 0 radical (unpaired) electrons. The summed E-state index contributed by atoms with van der Waals surface area (Å²) in [5.41, 5.74) is 1.01. The van der Waals surface area contributed by atoms with E-state index in [0.29, 0.717) is 6.61 Å². The Hall–Kier alpha value is -0.930. The van der Waals surface area contributed by atoms with Crippen LogP contribution in [0, 0.1) is 5.82 Å². The van der Waals surface area contributed by atoms with Crippen molar-refractivity contribution in [1.82, 2.24) is 5.32 Å². The van der Waals surface area contributed by atoms with Crippen LogP contribution in [-0.4, -0.2) is 25.3 Å². The van der Waals surface area contributed by atoms with Crippen molar-refractivity contribution in [3.63, 3.8) is 0 Å². The third kappa shape index (κ3) is 4.75. The van der Waals surface area contributed by atoms with Gasteiger partial charge in [-0.1, -0.05) is 26.0 Å². The smallest absolute Gasteiger partial charge is 0.123 e. The average molecular weight is 253 g/mol. The van der Waals surface area contributed by atoms with Crippen molar-refractivity contribution in [1.29, 1.82) is 0 Å². The minimum atomic E-state index is -0.174. The number of benzene rings is 1. The summed E-state index contributed by atoms with van der Waals surface area (Å²) in [5.74, 6) is -0.174. The zero-order chi connectivity index (χ0) is 13.4. The predicted molar refractivity (Wildman–Crippen MR) is 73.3 cm³/mol. The maximum atomic E-state index is 13.2. The van der Waals surface area contributed by atoms with Crippen LogP contribution in [0.2, 0.25) is 0 Å². The minimum Gasteiger partial charge on any atom is -0.377 e. The molecule has 0 aromatic heterocycles. The number of rotatable bonds is 8. The van der Waals surface area contributed by atoms with Crippen LogP contribution < -0.4 is 5.32 Å². The Morgan fingerprint density at radius 2 is 2.06 bits per heavy atom. The van der Waals surface area contributed by atoms with E-state index in [1.807, 2.05) is 13.0 Å². The first-order valence-electron chi connectivity index (χ1n) is 6.80. The van der Waals surface area contributed by atoms with Gasteiger partial charge in [0.15, 0.2) is 0 Å². The third-order valence-electron chi connectivity index (χ3n) is 3.04. The van der Waals surface area contributed by atoms with Crippen LogP contribution in [0.5, 0.6) is 0 Å². The summed E-state index contributed by atoms with van der Waals surface area (Å²) >= 11 is 0. The van der Waals surface area contributed by atoms with E-state index in [1.54, 1.807) is 12.1 Å². The highest BCUT2D eigenvalue weighted by Crippen LogP contribution is 2.12. The third-order valence-corrected chi connectivity index (χ3v) is 3.04. The van der Waals surface area contributed by atoms with Gasteiger partial charge in [-0.05, 0) is 44.0 Å². The molecule has 1 N–H and O–H groups in total. The van der Waals surface area contributed by atoms with Gasteiger partial charge >= 0.3 is 0 Å². The van der Waals surface area contributed by atoms with Crippen molar-refractivity contribution < 1.29 is 9.13 Å². The molecule has 0 aliphatic heterocycles. The molecule has 1 rings (SSSR count). The van der Waals surface area contributed by atoms with Crippen molar-refractivity contribution in [2.75, 3.05) is 13.2 Å². The lowest BCUT2D eigenvalue weighted by Gasteiger charge is -2.27. The molecule has 2 unspecified atom stereocenters. The van der Waals surface area contributed by atoms with Gasteiger partial charge < -0.3 is 10.1 Å². The first-order valence-corrected chi connectivity index (χ1v) is 6.80. The Morgan fingerprint density at radius 3 is 2.61 bits per heavy atom. The summed E-state index contributed by atoms with van der Waals surface area (Å²) in [5, 5.41) is 3.44. The van der Waals surface area contributed by atoms with Crippen LogP contribution in [0.15, 0.2) is 24.3 Å². The number of nitrogens with one attached hydrogen (secondary N) is 1. The molecule has 0 saturated carbocycles. The molecule has 0 spiro atoms. The summed E-state index contributed by atoms with van der Waals surface area (Å²) in [6.45, 7) is 7.81. The highest BCUT2D eigenvalue weighted by molar-refractivity contribution is 5.17. The molecule has 0 fully saturated rings. The normalized spacial score (nSPS) is 14.4. The van der Waals surface area contributed by atoms with E-state index in [1.165, 1.54) is 6.07 Å². The molecule has 0 amide bonds. The number of halogens is 1. The van der Waals surface area contributed by atoms with Gasteiger partial charge in [-0.15, -0.1) is 0 Å². The SMILES string of the molecule is CCNC(Cc1cccc(F)c1)C(CC)OCC. The van der Waals surface area contributed by atoms with Crippen LogP contribution in [-0.2, 0) is 11.2 Å². The van der Waals surface area contributed by atoms with E-state index in [2.05, 4.69) is 19.2 Å². The quantitative estimate of drug-likeness (QED) is 0.768. The molecule has 2 nitrogen and oxygen atoms in total. The zero-order valence-electron chi connectivity index (χ0n) is 11.6. The van der Waals surface area contributed by atoms with E-state index in [9.17, 15) is 4.39 Å². The summed E-state index contributed by atoms with van der Waals surface area (Å²) in [4.78, 5) is 0. The van der Waals surface area contributed by atoms with Crippen molar-refractivity contribution in [3.05, 3.63) is 35.6 Å². The Kier molecular flexibility index (Phi) is 6.91. The molecule has 0 aliphatic rings. The maximum absolute atomic E-state index is 13.2. The monoisotopic (exact) mass is 253 g/mol. The lowest BCUT2D eigenvalue weighted by atomic mass is 9.99. The second-order valence-corrected chi connectivity index (χ2v) is 4.40. The number of likely N-dealkylation sites (N-methyl/N-ethyl adjacent to an activating group) is 1. The average Bonchev–Trinajstić information content (AvgIpc) is 2.35. The molecule has 1 aromatic carbocycles. The van der Waals surface area contributed by atoms with E-state index in [0.717, 1.165) is 24.9 Å². The van der Waals surface area contributed by atoms with Gasteiger partial charge in [0, 0.05) is 12.6 Å². The Balaban J connectivity index is 2.72. The molecule has 0 heterocycles. The van der Waals surface area contributed by atoms with Gasteiger partial charge in [-0.2, -0.15) is 0 Å². The number of hydrogen-bond donors (Lipinski definition) is 1. The van der Waals surface area contributed by atoms with E-state index < -0.39 is 0 Å². The molecule has 2 atom stereocenters. The molecule has 0 aliphatic carbocycles. The summed E-state index contributed by atoms with van der Waals surface area (Å²) in [7, 11) is 0. The molecule has 3 heteroatoms. The van der Waals surface area contributed by atoms with Crippen molar-refractivity contribution in [3.8, 4) is 0 Å². The second kappa shape index (κ2) is 8.22. The molecule has 1 aromatic rings. The minimum absolute atomic E-state index is 0.174. The van der Waals surface area contributed by atoms with Gasteiger partial charge in [-0.3, -0.25) is 0 Å². The van der Waals surface area contributed by atoms with Crippen LogP contribution in [0.3, 0.4) is 0 Å². The predicted octanol–water partition coefficient (Wildman–Crippen LogP) is 3.16. The van der Waals surface area contributed by atoms with Crippen molar-refractivity contribution in [2.45, 2.75) is 45.8 Å². The van der Waals surface area contributed by atoms with E-state index >= 15 is 0 Å². The van der Waals surface area contributed by atoms with Gasteiger partial charge in [0.05, 0.1) is 6.10 Å². The fourth-order valence-corrected chi connectivity index (χ4v) is 2.25. The molecular weight excluding hydrogens is 229 g/mol. The van der Waals surface area contributed by atoms with Crippen molar-refractivity contribution in [2.24, 2.45) is 0 Å². The maximum Gasteiger partial charge on any atom is 0.123 e. The number of ether oxygens (including phenoxy) is 1. The zero-order valence-corrected chi connectivity index (χ0v) is 11.6. The summed E-state index contributed by atoms with van der Waals surface area (Å²) in [6, 6.07) is 7.04. The summed E-state index contributed by atoms with van der Waals surface area (Å²) < 4.78 is 18.9. The lowest BCUT2D eigenvalue weighted by molar-refractivity contribution is 0.0323. The summed E-state index contributed by atoms with van der Waals surface area (Å²) in [6.07, 6.45) is 1.93. The largest absolute Gasteiger partial charge is 0.377 e. The highest BCUT2D eigenvalue weighted by Gasteiger charge is 2.19. The molecule has 102 valence electrons. The Morgan fingerprint density at radius 1 is 1.28 bits per heavy atom. The van der Waals surface area contributed by atoms with Gasteiger partial charge in [0.25, 0.3) is 0 Å². The van der Waals surface area contributed by atoms with Crippen LogP contribution in [0.4, 0.5) is 4.39 Å². The van der Waals surface area contributed by atoms with Gasteiger partial charge in [0.1, 0.15) is 5.82 Å². The Bertz CT molecular complexity index is 343. The van der Waals surface area contributed by atoms with E-state index in [-0.39, 0.29) is 18.0 Å².